The molecule has 4 nitrogen and oxygen atoms in total. The van der Waals surface area contributed by atoms with Gasteiger partial charge in [0, 0.05) is 24.6 Å². The third-order valence-electron chi connectivity index (χ3n) is 4.52. The Labute approximate surface area is 156 Å². The highest BCUT2D eigenvalue weighted by atomic mass is 16.2. The Morgan fingerprint density at radius 3 is 2.08 bits per heavy atom. The first-order chi connectivity index (χ1) is 12.3. The quantitative estimate of drug-likeness (QED) is 0.803. The van der Waals surface area contributed by atoms with E-state index in [0.717, 1.165) is 23.1 Å². The van der Waals surface area contributed by atoms with Crippen molar-refractivity contribution in [1.82, 2.24) is 10.6 Å². The van der Waals surface area contributed by atoms with Gasteiger partial charge in [-0.05, 0) is 43.0 Å². The molecule has 0 heterocycles. The average molecular weight is 352 g/mol. The molecule has 26 heavy (non-hydrogen) atoms. The molecule has 0 saturated carbocycles. The van der Waals surface area contributed by atoms with Crippen molar-refractivity contribution in [2.24, 2.45) is 5.41 Å². The summed E-state index contributed by atoms with van der Waals surface area (Å²) in [5.41, 5.74) is 3.68. The van der Waals surface area contributed by atoms with E-state index in [4.69, 9.17) is 0 Å². The van der Waals surface area contributed by atoms with Crippen molar-refractivity contribution in [3.05, 3.63) is 70.8 Å². The van der Waals surface area contributed by atoms with Crippen LogP contribution in [0, 0.1) is 12.3 Å². The number of rotatable bonds is 7. The lowest BCUT2D eigenvalue weighted by Gasteiger charge is -2.22. The van der Waals surface area contributed by atoms with E-state index in [9.17, 15) is 9.59 Å². The fraction of sp³-hybridized carbons (Fsp3) is 0.364. The van der Waals surface area contributed by atoms with E-state index in [1.807, 2.05) is 45.0 Å². The molecule has 2 N–H and O–H groups in total. The zero-order valence-electron chi connectivity index (χ0n) is 16.1. The summed E-state index contributed by atoms with van der Waals surface area (Å²) in [6, 6.07) is 15.8. The van der Waals surface area contributed by atoms with Crippen molar-refractivity contribution in [1.29, 1.82) is 0 Å². The minimum atomic E-state index is -0.432. The zero-order chi connectivity index (χ0) is 19.2. The first kappa shape index (κ1) is 19.7. The number of carbonyl (C=O) groups is 2. The van der Waals surface area contributed by atoms with Crippen LogP contribution in [0.5, 0.6) is 0 Å². The molecule has 0 aliphatic rings. The predicted octanol–water partition coefficient (Wildman–Crippen LogP) is 3.28. The van der Waals surface area contributed by atoms with Crippen LogP contribution in [-0.4, -0.2) is 25.4 Å². The number of benzene rings is 2. The van der Waals surface area contributed by atoms with Crippen molar-refractivity contribution < 1.29 is 9.59 Å². The second-order valence-electron chi connectivity index (χ2n) is 7.33. The van der Waals surface area contributed by atoms with Crippen molar-refractivity contribution >= 4 is 11.8 Å². The van der Waals surface area contributed by atoms with E-state index in [-0.39, 0.29) is 11.8 Å². The van der Waals surface area contributed by atoms with Gasteiger partial charge in [0.15, 0.2) is 0 Å². The van der Waals surface area contributed by atoms with E-state index in [1.165, 1.54) is 0 Å². The number of nitrogens with one attached hydrogen (secondary N) is 2. The molecular weight excluding hydrogens is 324 g/mol. The molecule has 2 aromatic carbocycles. The van der Waals surface area contributed by atoms with Crippen LogP contribution in [0.4, 0.5) is 0 Å². The molecule has 2 amide bonds. The van der Waals surface area contributed by atoms with Gasteiger partial charge in [-0.1, -0.05) is 55.8 Å². The fourth-order valence-electron chi connectivity index (χ4n) is 2.88. The van der Waals surface area contributed by atoms with Crippen molar-refractivity contribution in [2.75, 3.05) is 13.6 Å². The maximum Gasteiger partial charge on any atom is 0.251 e. The number of hydrogen-bond donors (Lipinski definition) is 2. The van der Waals surface area contributed by atoms with Gasteiger partial charge in [-0.2, -0.15) is 0 Å². The molecule has 2 aromatic rings. The molecule has 0 saturated heterocycles. The van der Waals surface area contributed by atoms with E-state index >= 15 is 0 Å². The Kier molecular flexibility index (Phi) is 6.56. The van der Waals surface area contributed by atoms with Crippen LogP contribution < -0.4 is 10.6 Å². The average Bonchev–Trinajstić information content (AvgIpc) is 2.62. The summed E-state index contributed by atoms with van der Waals surface area (Å²) < 4.78 is 0. The Bertz CT molecular complexity index is 747. The highest BCUT2D eigenvalue weighted by Gasteiger charge is 2.26. The van der Waals surface area contributed by atoms with Crippen LogP contribution >= 0.6 is 0 Å². The molecular formula is C22H28N2O2. The molecule has 0 unspecified atom stereocenters. The molecule has 0 spiro atoms. The predicted molar refractivity (Wildman–Crippen MR) is 105 cm³/mol. The maximum atomic E-state index is 12.1. The third-order valence-corrected chi connectivity index (χ3v) is 4.52. The maximum absolute atomic E-state index is 12.1. The van der Waals surface area contributed by atoms with Crippen molar-refractivity contribution in [3.8, 4) is 0 Å². The Morgan fingerprint density at radius 2 is 1.50 bits per heavy atom. The van der Waals surface area contributed by atoms with E-state index in [1.54, 1.807) is 7.05 Å². The Balaban J connectivity index is 1.84. The lowest BCUT2D eigenvalue weighted by molar-refractivity contribution is -0.128. The summed E-state index contributed by atoms with van der Waals surface area (Å²) in [5, 5.41) is 5.66. The lowest BCUT2D eigenvalue weighted by atomic mass is 9.84. The van der Waals surface area contributed by atoms with Gasteiger partial charge < -0.3 is 10.6 Å². The monoisotopic (exact) mass is 352 g/mol. The van der Waals surface area contributed by atoms with Crippen molar-refractivity contribution in [3.63, 3.8) is 0 Å². The molecule has 4 heteroatoms. The Morgan fingerprint density at radius 1 is 0.923 bits per heavy atom. The number of hydrogen-bond acceptors (Lipinski definition) is 2. The molecule has 0 aliphatic heterocycles. The Hall–Kier alpha value is -2.62. The van der Waals surface area contributed by atoms with Crippen LogP contribution in [0.2, 0.25) is 0 Å². The summed E-state index contributed by atoms with van der Waals surface area (Å²) >= 11 is 0. The lowest BCUT2D eigenvalue weighted by Crippen LogP contribution is -2.36. The van der Waals surface area contributed by atoms with Crippen LogP contribution in [0.25, 0.3) is 0 Å². The van der Waals surface area contributed by atoms with Gasteiger partial charge in [0.25, 0.3) is 5.91 Å². The third kappa shape index (κ3) is 5.45. The van der Waals surface area contributed by atoms with Gasteiger partial charge in [0.1, 0.15) is 0 Å². The first-order valence-electron chi connectivity index (χ1n) is 8.97. The van der Waals surface area contributed by atoms with Gasteiger partial charge >= 0.3 is 0 Å². The standard InChI is InChI=1S/C22H28N2O2/c1-16-5-11-19(12-6-16)20(25)24-14-13-17-7-9-18(10-8-17)15-22(2,3)21(26)23-4/h5-12H,13-15H2,1-4H3,(H,23,26)(H,24,25). The van der Waals surface area contributed by atoms with E-state index < -0.39 is 5.41 Å². The van der Waals surface area contributed by atoms with Crippen LogP contribution in [0.15, 0.2) is 48.5 Å². The SMILES string of the molecule is CNC(=O)C(C)(C)Cc1ccc(CCNC(=O)c2ccc(C)cc2)cc1. The molecule has 0 atom stereocenters. The second kappa shape index (κ2) is 8.65. The van der Waals surface area contributed by atoms with Crippen LogP contribution in [-0.2, 0) is 17.6 Å². The van der Waals surface area contributed by atoms with Crippen LogP contribution in [0.3, 0.4) is 0 Å². The van der Waals surface area contributed by atoms with Crippen LogP contribution in [0.1, 0.15) is 40.9 Å². The molecule has 138 valence electrons. The molecule has 2 rings (SSSR count). The minimum Gasteiger partial charge on any atom is -0.359 e. The number of aryl methyl sites for hydroxylation is 1. The largest absolute Gasteiger partial charge is 0.359 e. The fourth-order valence-corrected chi connectivity index (χ4v) is 2.88. The summed E-state index contributed by atoms with van der Waals surface area (Å²) in [5.74, 6) is -0.00524. The number of carbonyl (C=O) groups excluding carboxylic acids is 2. The van der Waals surface area contributed by atoms with Gasteiger partial charge in [-0.3, -0.25) is 9.59 Å². The molecule has 0 aliphatic carbocycles. The molecule has 0 aromatic heterocycles. The van der Waals surface area contributed by atoms with Gasteiger partial charge in [-0.15, -0.1) is 0 Å². The highest BCUT2D eigenvalue weighted by Crippen LogP contribution is 2.22. The normalized spacial score (nSPS) is 11.1. The van der Waals surface area contributed by atoms with E-state index in [0.29, 0.717) is 18.5 Å². The molecule has 0 bridgehead atoms. The highest BCUT2D eigenvalue weighted by molar-refractivity contribution is 5.94. The summed E-state index contributed by atoms with van der Waals surface area (Å²) in [6.45, 7) is 6.48. The summed E-state index contributed by atoms with van der Waals surface area (Å²) in [4.78, 5) is 24.0. The second-order valence-corrected chi connectivity index (χ2v) is 7.33. The smallest absolute Gasteiger partial charge is 0.251 e. The van der Waals surface area contributed by atoms with Gasteiger partial charge in [0.05, 0.1) is 0 Å². The first-order valence-corrected chi connectivity index (χ1v) is 8.97. The molecule has 0 radical (unpaired) electrons. The van der Waals surface area contributed by atoms with Crippen molar-refractivity contribution in [2.45, 2.75) is 33.6 Å². The molecule has 0 fully saturated rings. The summed E-state index contributed by atoms with van der Waals surface area (Å²) in [6.07, 6.45) is 1.47. The number of amides is 2. The van der Waals surface area contributed by atoms with Gasteiger partial charge in [-0.25, -0.2) is 0 Å². The van der Waals surface area contributed by atoms with E-state index in [2.05, 4.69) is 34.9 Å². The van der Waals surface area contributed by atoms with Gasteiger partial charge in [0.2, 0.25) is 5.91 Å². The zero-order valence-corrected chi connectivity index (χ0v) is 16.1. The topological polar surface area (TPSA) is 58.2 Å². The minimum absolute atomic E-state index is 0.0420. The summed E-state index contributed by atoms with van der Waals surface area (Å²) in [7, 11) is 1.66.